The number of hydrogen-bond acceptors (Lipinski definition) is 4. The van der Waals surface area contributed by atoms with E-state index in [-0.39, 0.29) is 37.7 Å². The molecule has 0 amide bonds. The molecule has 0 saturated heterocycles. The largest absolute Gasteiger partial charge is 1.00 e. The van der Waals surface area contributed by atoms with E-state index in [1.54, 1.807) is 0 Å². The molecule has 50 valence electrons. The second-order valence-electron chi connectivity index (χ2n) is 0.897. The molecule has 0 aromatic rings. The Morgan fingerprint density at radius 1 is 1.70 bits per heavy atom. The third kappa shape index (κ3) is 16.1. The maximum Gasteiger partial charge on any atom is 1.00 e. The van der Waals surface area contributed by atoms with Gasteiger partial charge in [0.15, 0.2) is 0 Å². The van der Waals surface area contributed by atoms with Crippen LogP contribution in [0, 0.1) is 0 Å². The molecule has 0 N–H and O–H groups in total. The van der Waals surface area contributed by atoms with Crippen LogP contribution in [0.25, 0.3) is 0 Å². The zero-order valence-electron chi connectivity index (χ0n) is 10.8. The number of hydrogen-bond donors (Lipinski definition) is 0. The average Bonchev–Trinajstić information content (AvgIpc) is 1.79. The molecule has 10 heavy (non-hydrogen) atoms. The third-order valence-corrected chi connectivity index (χ3v) is 0.740. The molecule has 0 aliphatic rings. The van der Waals surface area contributed by atoms with Gasteiger partial charge in [-0.2, -0.15) is 0 Å². The van der Waals surface area contributed by atoms with Crippen LogP contribution in [0.1, 0.15) is 20.1 Å². The van der Waals surface area contributed by atoms with Gasteiger partial charge in [-0.25, -0.2) is 0 Å². The second-order valence-corrected chi connectivity index (χ2v) is 2.05. The van der Waals surface area contributed by atoms with Gasteiger partial charge in [0.1, 0.15) is 0 Å². The van der Waals surface area contributed by atoms with Crippen LogP contribution in [0.5, 0.6) is 0 Å². The molecule has 0 aliphatic carbocycles. The van der Waals surface area contributed by atoms with Gasteiger partial charge in [0.05, 0.1) is 14.4 Å². The van der Waals surface area contributed by atoms with Crippen LogP contribution in [0.15, 0.2) is 0 Å². The minimum Gasteiger partial charge on any atom is -0.790 e. The van der Waals surface area contributed by atoms with E-state index in [1.807, 2.05) is 0 Å². The molecule has 0 aromatic heterocycles. The molecule has 0 spiro atoms. The van der Waals surface area contributed by atoms with Crippen LogP contribution in [-0.2, 0) is 9.09 Å². The van der Waals surface area contributed by atoms with Crippen LogP contribution in [0.3, 0.4) is 0 Å². The summed E-state index contributed by atoms with van der Waals surface area (Å²) in [5, 5.41) is 0. The smallest absolute Gasteiger partial charge is 0.790 e. The summed E-state index contributed by atoms with van der Waals surface area (Å²) in [4.78, 5) is 19.8. The van der Waals surface area contributed by atoms with E-state index in [0.29, 0.717) is 0 Å². The molecular weight excluding hydrogens is 145 g/mol. The Hall–Kier alpha value is 1.30. The summed E-state index contributed by atoms with van der Waals surface area (Å²) in [6.45, 7) is -4.32. The summed E-state index contributed by atoms with van der Waals surface area (Å²) < 4.78 is 47.0. The normalized spacial score (nSPS) is 19.6. The van der Waals surface area contributed by atoms with Gasteiger partial charge in [-0.05, 0) is 6.37 Å². The fourth-order valence-corrected chi connectivity index (χ4v) is 0.334. The van der Waals surface area contributed by atoms with Crippen molar-refractivity contribution in [3.8, 4) is 0 Å². The molecule has 0 heterocycles. The van der Waals surface area contributed by atoms with Crippen LogP contribution in [-0.4, -0.2) is 6.61 Å². The third-order valence-electron chi connectivity index (χ3n) is 0.295. The Labute approximate surface area is 91.3 Å². The SMILES string of the molecule is [2H]C([2H])([2H])C([2H])([2H])COP(=O)([O-])[O-].[Li+].[Li+]. The van der Waals surface area contributed by atoms with E-state index in [4.69, 9.17) is 6.85 Å². The summed E-state index contributed by atoms with van der Waals surface area (Å²) in [5.74, 6) is 0. The summed E-state index contributed by atoms with van der Waals surface area (Å²) >= 11 is 0. The standard InChI is InChI=1S/C3H9O4P.2Li/c1-2-3-7-8(4,5)6;;/h2-3H2,1H3,(H2,4,5,6);;/q;2*+1/p-2/i1D3,2D2;;. The first-order valence-corrected chi connectivity index (χ1v) is 3.08. The van der Waals surface area contributed by atoms with Crippen molar-refractivity contribution in [2.24, 2.45) is 0 Å². The molecular formula is C3H7Li2O4P. The van der Waals surface area contributed by atoms with E-state index >= 15 is 0 Å². The summed E-state index contributed by atoms with van der Waals surface area (Å²) in [6, 6.07) is 0. The quantitative estimate of drug-likeness (QED) is 0.301. The van der Waals surface area contributed by atoms with Gasteiger partial charge in [-0.1, -0.05) is 6.85 Å². The van der Waals surface area contributed by atoms with Crippen molar-refractivity contribution in [2.75, 3.05) is 6.61 Å². The van der Waals surface area contributed by atoms with Gasteiger partial charge in [0.25, 0.3) is 0 Å². The molecule has 0 aromatic carbocycles. The fourth-order valence-electron chi connectivity index (χ4n) is 0.111. The Morgan fingerprint density at radius 2 is 2.20 bits per heavy atom. The van der Waals surface area contributed by atoms with Gasteiger partial charge in [-0.3, -0.25) is 0 Å². The van der Waals surface area contributed by atoms with E-state index < -0.39 is 27.7 Å². The second kappa shape index (κ2) is 8.40. The van der Waals surface area contributed by atoms with Crippen LogP contribution >= 0.6 is 7.82 Å². The monoisotopic (exact) mass is 157 g/mol. The molecule has 0 atom stereocenters. The number of rotatable bonds is 3. The topological polar surface area (TPSA) is 72.4 Å². The molecule has 0 rings (SSSR count). The first-order chi connectivity index (χ1) is 5.46. The maximum absolute atomic E-state index is 9.90. The Morgan fingerprint density at radius 3 is 2.50 bits per heavy atom. The molecule has 4 nitrogen and oxygen atoms in total. The van der Waals surface area contributed by atoms with Crippen molar-refractivity contribution in [1.29, 1.82) is 0 Å². The summed E-state index contributed by atoms with van der Waals surface area (Å²) in [7, 11) is -5.32. The predicted molar refractivity (Wildman–Crippen MR) is 23.8 cm³/mol. The Bertz CT molecular complexity index is 227. The zero-order chi connectivity index (χ0) is 10.9. The minimum absolute atomic E-state index is 0. The van der Waals surface area contributed by atoms with Crippen molar-refractivity contribution in [3.63, 3.8) is 0 Å². The van der Waals surface area contributed by atoms with Crippen molar-refractivity contribution >= 4 is 7.82 Å². The summed E-state index contributed by atoms with van der Waals surface area (Å²) in [5.41, 5.74) is 0. The van der Waals surface area contributed by atoms with E-state index in [0.717, 1.165) is 0 Å². The van der Waals surface area contributed by atoms with Gasteiger partial charge in [-0.15, -0.1) is 0 Å². The van der Waals surface area contributed by atoms with Crippen molar-refractivity contribution in [1.82, 2.24) is 0 Å². The van der Waals surface area contributed by atoms with Crippen LogP contribution < -0.4 is 47.5 Å². The maximum atomic E-state index is 9.90. The zero-order valence-corrected chi connectivity index (χ0v) is 6.68. The van der Waals surface area contributed by atoms with Gasteiger partial charge in [0.2, 0.25) is 0 Å². The van der Waals surface area contributed by atoms with Crippen molar-refractivity contribution < 1.29 is 63.5 Å². The number of phosphoric ester groups is 1. The minimum atomic E-state index is -5.32. The molecule has 0 aliphatic heterocycles. The van der Waals surface area contributed by atoms with Crippen LogP contribution in [0.4, 0.5) is 0 Å². The molecule has 0 radical (unpaired) electrons. The average molecular weight is 157 g/mol. The molecule has 0 bridgehead atoms. The van der Waals surface area contributed by atoms with Gasteiger partial charge in [0, 0.05) is 6.85 Å². The molecule has 0 fully saturated rings. The van der Waals surface area contributed by atoms with E-state index in [1.165, 1.54) is 0 Å². The first kappa shape index (κ1) is 6.78. The van der Waals surface area contributed by atoms with Crippen molar-refractivity contribution in [3.05, 3.63) is 0 Å². The Kier molecular flexibility index (Phi) is 5.70. The van der Waals surface area contributed by atoms with Crippen molar-refractivity contribution in [2.45, 2.75) is 13.2 Å². The molecule has 0 saturated carbocycles. The molecule has 7 heteroatoms. The van der Waals surface area contributed by atoms with Gasteiger partial charge < -0.3 is 18.9 Å². The predicted octanol–water partition coefficient (Wildman–Crippen LogP) is -6.75. The molecule has 0 unspecified atom stereocenters. The number of phosphoric acid groups is 1. The van der Waals surface area contributed by atoms with E-state index in [9.17, 15) is 14.4 Å². The first-order valence-electron chi connectivity index (χ1n) is 4.12. The Balaban J connectivity index is -0.000000720. The fraction of sp³-hybridized carbons (Fsp3) is 1.00. The van der Waals surface area contributed by atoms with E-state index in [2.05, 4.69) is 4.52 Å². The summed E-state index contributed by atoms with van der Waals surface area (Å²) in [6.07, 6.45) is -2.85. The van der Waals surface area contributed by atoms with Gasteiger partial charge >= 0.3 is 37.7 Å². The van der Waals surface area contributed by atoms with Crippen LogP contribution in [0.2, 0.25) is 0 Å².